The highest BCUT2D eigenvalue weighted by molar-refractivity contribution is 7.89. The van der Waals surface area contributed by atoms with Crippen LogP contribution >= 0.6 is 12.4 Å². The van der Waals surface area contributed by atoms with E-state index in [-0.39, 0.29) is 29.5 Å². The first-order chi connectivity index (χ1) is 11.9. The van der Waals surface area contributed by atoms with Gasteiger partial charge in [-0.05, 0) is 43.6 Å². The second-order valence-electron chi connectivity index (χ2n) is 8.15. The highest BCUT2D eigenvalue weighted by Gasteiger charge is 2.53. The Bertz CT molecular complexity index is 757. The van der Waals surface area contributed by atoms with Crippen LogP contribution in [0.5, 0.6) is 0 Å². The number of fused-ring (bicyclic) bond motifs is 1. The number of sulfonamides is 1. The van der Waals surface area contributed by atoms with Crippen LogP contribution in [0.4, 0.5) is 0 Å². The van der Waals surface area contributed by atoms with Crippen molar-refractivity contribution in [3.63, 3.8) is 0 Å². The average molecular weight is 401 g/mol. The number of hydrogen-bond acceptors (Lipinski definition) is 4. The molecule has 3 aliphatic heterocycles. The van der Waals surface area contributed by atoms with Crippen LogP contribution in [0.15, 0.2) is 35.5 Å². The maximum absolute atomic E-state index is 12.4. The fourth-order valence-corrected chi connectivity index (χ4v) is 6.28. The van der Waals surface area contributed by atoms with Crippen molar-refractivity contribution in [2.24, 2.45) is 11.3 Å². The standard InChI is InChI=1S/C19H28N2O3S.ClH/c1-14(2)13-25(22,23)20-17-11-19-9-5-3-7-15(19)12-21-10-6-4-8-16(21)18(19)24-17;/h6,10,12,14,17,20H,3-5,7-9,11,13H2,1-2H3;1H. The predicted molar refractivity (Wildman–Crippen MR) is 105 cm³/mol. The molecule has 0 aromatic carbocycles. The minimum absolute atomic E-state index is 0. The smallest absolute Gasteiger partial charge is 0.214 e. The van der Waals surface area contributed by atoms with Gasteiger partial charge in [-0.3, -0.25) is 0 Å². The van der Waals surface area contributed by atoms with Crippen LogP contribution in [0.25, 0.3) is 0 Å². The van der Waals surface area contributed by atoms with Crippen LogP contribution in [-0.2, 0) is 14.8 Å². The minimum atomic E-state index is -3.32. The minimum Gasteiger partial charge on any atom is -0.476 e. The third-order valence-corrected chi connectivity index (χ3v) is 7.42. The molecule has 3 heterocycles. The highest BCUT2D eigenvalue weighted by Crippen LogP contribution is 2.58. The lowest BCUT2D eigenvalue weighted by Gasteiger charge is -2.42. The fourth-order valence-electron chi connectivity index (χ4n) is 4.77. The maximum Gasteiger partial charge on any atom is 0.214 e. The van der Waals surface area contributed by atoms with Gasteiger partial charge in [-0.15, -0.1) is 12.4 Å². The van der Waals surface area contributed by atoms with Gasteiger partial charge in [-0.25, -0.2) is 8.42 Å². The number of ether oxygens (including phenoxy) is 1. The van der Waals surface area contributed by atoms with E-state index in [9.17, 15) is 8.42 Å². The lowest BCUT2D eigenvalue weighted by molar-refractivity contribution is 0.139. The summed E-state index contributed by atoms with van der Waals surface area (Å²) in [5.74, 6) is 1.28. The van der Waals surface area contributed by atoms with E-state index in [1.165, 1.54) is 24.1 Å². The molecule has 0 amide bonds. The number of nitrogens with one attached hydrogen (secondary N) is 1. The fraction of sp³-hybridized carbons (Fsp3) is 0.684. The van der Waals surface area contributed by atoms with Crippen molar-refractivity contribution in [1.82, 2.24) is 9.62 Å². The molecule has 1 aliphatic carbocycles. The van der Waals surface area contributed by atoms with Crippen molar-refractivity contribution in [2.45, 2.75) is 65.0 Å². The van der Waals surface area contributed by atoms with E-state index in [0.717, 1.165) is 37.9 Å². The van der Waals surface area contributed by atoms with Crippen molar-refractivity contribution < 1.29 is 13.2 Å². The maximum atomic E-state index is 12.4. The van der Waals surface area contributed by atoms with E-state index < -0.39 is 16.3 Å². The third-order valence-electron chi connectivity index (χ3n) is 5.69. The quantitative estimate of drug-likeness (QED) is 0.774. The molecule has 1 N–H and O–H groups in total. The van der Waals surface area contributed by atoms with Gasteiger partial charge in [0.25, 0.3) is 0 Å². The van der Waals surface area contributed by atoms with Crippen molar-refractivity contribution in [3.8, 4) is 0 Å². The Morgan fingerprint density at radius 2 is 2.15 bits per heavy atom. The van der Waals surface area contributed by atoms with Crippen LogP contribution in [-0.4, -0.2) is 25.3 Å². The van der Waals surface area contributed by atoms with Gasteiger partial charge in [-0.1, -0.05) is 26.3 Å². The number of nitrogens with zero attached hydrogens (tertiary/aromatic N) is 1. The molecule has 4 rings (SSSR count). The second-order valence-corrected chi connectivity index (χ2v) is 9.95. The molecule has 0 bridgehead atoms. The molecule has 0 radical (unpaired) electrons. The van der Waals surface area contributed by atoms with Gasteiger partial charge in [0.05, 0.1) is 16.9 Å². The Hall–Kier alpha value is -0.980. The SMILES string of the molecule is CC(C)CS(=O)(=O)NC1CC23CCCCC2=CN2C=CCCC2=C3O1.Cl. The largest absolute Gasteiger partial charge is 0.476 e. The average Bonchev–Trinajstić information content (AvgIpc) is 2.88. The third kappa shape index (κ3) is 3.43. The molecule has 146 valence electrons. The van der Waals surface area contributed by atoms with E-state index in [0.29, 0.717) is 0 Å². The van der Waals surface area contributed by atoms with Gasteiger partial charge in [0.15, 0.2) is 6.23 Å². The van der Waals surface area contributed by atoms with Crippen molar-refractivity contribution >= 4 is 22.4 Å². The molecule has 0 aromatic rings. The lowest BCUT2D eigenvalue weighted by atomic mass is 9.66. The molecule has 26 heavy (non-hydrogen) atoms. The summed E-state index contributed by atoms with van der Waals surface area (Å²) in [5, 5.41) is 0. The Morgan fingerprint density at radius 3 is 2.92 bits per heavy atom. The normalized spacial score (nSPS) is 30.2. The Kier molecular flexibility index (Phi) is 5.48. The second kappa shape index (κ2) is 7.21. The molecule has 2 unspecified atom stereocenters. The molecule has 0 aromatic heterocycles. The number of allylic oxidation sites excluding steroid dienone is 3. The van der Waals surface area contributed by atoms with Crippen molar-refractivity contribution in [1.29, 1.82) is 0 Å². The zero-order chi connectivity index (χ0) is 17.7. The Morgan fingerprint density at radius 1 is 1.35 bits per heavy atom. The topological polar surface area (TPSA) is 58.6 Å². The summed E-state index contributed by atoms with van der Waals surface area (Å²) in [5.41, 5.74) is 2.55. The molecular formula is C19H29ClN2O3S. The Balaban J connectivity index is 0.00000196. The summed E-state index contributed by atoms with van der Waals surface area (Å²) in [7, 11) is -3.32. The molecule has 7 heteroatoms. The van der Waals surface area contributed by atoms with E-state index in [4.69, 9.17) is 4.74 Å². The summed E-state index contributed by atoms with van der Waals surface area (Å²) < 4.78 is 33.9. The first kappa shape index (κ1) is 19.8. The summed E-state index contributed by atoms with van der Waals surface area (Å²) >= 11 is 0. The Labute approximate surface area is 163 Å². The van der Waals surface area contributed by atoms with Gasteiger partial charge in [0, 0.05) is 18.8 Å². The van der Waals surface area contributed by atoms with Gasteiger partial charge >= 0.3 is 0 Å². The summed E-state index contributed by atoms with van der Waals surface area (Å²) in [6, 6.07) is 0. The molecular weight excluding hydrogens is 372 g/mol. The lowest BCUT2D eigenvalue weighted by Crippen LogP contribution is -2.38. The number of hydrogen-bond donors (Lipinski definition) is 1. The molecule has 5 nitrogen and oxygen atoms in total. The van der Waals surface area contributed by atoms with E-state index in [1.54, 1.807) is 0 Å². The van der Waals surface area contributed by atoms with Gasteiger partial charge in [0.1, 0.15) is 5.76 Å². The predicted octanol–water partition coefficient (Wildman–Crippen LogP) is 4.01. The van der Waals surface area contributed by atoms with E-state index >= 15 is 0 Å². The van der Waals surface area contributed by atoms with E-state index in [1.807, 2.05) is 13.8 Å². The summed E-state index contributed by atoms with van der Waals surface area (Å²) in [6.45, 7) is 3.85. The first-order valence-electron chi connectivity index (χ1n) is 9.46. The van der Waals surface area contributed by atoms with Crippen LogP contribution in [0.2, 0.25) is 0 Å². The van der Waals surface area contributed by atoms with Crippen LogP contribution in [0.3, 0.4) is 0 Å². The van der Waals surface area contributed by atoms with Gasteiger partial charge in [-0.2, -0.15) is 4.72 Å². The monoisotopic (exact) mass is 400 g/mol. The van der Waals surface area contributed by atoms with Crippen LogP contribution in [0.1, 0.15) is 58.8 Å². The van der Waals surface area contributed by atoms with Gasteiger partial charge in [0.2, 0.25) is 10.0 Å². The number of rotatable bonds is 4. The molecule has 1 saturated carbocycles. The number of halogens is 1. The molecule has 1 spiro atoms. The summed E-state index contributed by atoms with van der Waals surface area (Å²) in [4.78, 5) is 2.20. The zero-order valence-electron chi connectivity index (χ0n) is 15.5. The summed E-state index contributed by atoms with van der Waals surface area (Å²) in [6.07, 6.45) is 13.4. The molecule has 4 aliphatic rings. The molecule has 2 fully saturated rings. The zero-order valence-corrected chi connectivity index (χ0v) is 17.2. The van der Waals surface area contributed by atoms with Crippen molar-refractivity contribution in [3.05, 3.63) is 35.5 Å². The first-order valence-corrected chi connectivity index (χ1v) is 11.1. The van der Waals surface area contributed by atoms with Gasteiger partial charge < -0.3 is 9.64 Å². The molecule has 2 atom stereocenters. The highest BCUT2D eigenvalue weighted by atomic mass is 35.5. The van der Waals surface area contributed by atoms with E-state index in [2.05, 4.69) is 28.1 Å². The molecule has 1 saturated heterocycles. The van der Waals surface area contributed by atoms with Crippen LogP contribution < -0.4 is 4.72 Å². The van der Waals surface area contributed by atoms with Crippen molar-refractivity contribution in [2.75, 3.05) is 5.75 Å². The van der Waals surface area contributed by atoms with Crippen LogP contribution in [0, 0.1) is 11.3 Å².